The largest absolute Gasteiger partial charge is 0.497 e. The lowest BCUT2D eigenvalue weighted by Crippen LogP contribution is -2.44. The van der Waals surface area contributed by atoms with Crippen LogP contribution in [0.1, 0.15) is 24.7 Å². The van der Waals surface area contributed by atoms with Gasteiger partial charge >= 0.3 is 0 Å². The number of benzene rings is 1. The van der Waals surface area contributed by atoms with Crippen molar-refractivity contribution in [2.24, 2.45) is 0 Å². The number of ether oxygens (including phenoxy) is 1. The number of hydrogen-bond donors (Lipinski definition) is 2. The fourth-order valence-electron chi connectivity index (χ4n) is 2.17. The summed E-state index contributed by atoms with van der Waals surface area (Å²) in [5.74, 6) is 1.04. The number of hydrogen-bond acceptors (Lipinski definition) is 4. The number of rotatable bonds is 8. The molecule has 2 amide bonds. The second kappa shape index (κ2) is 8.76. The summed E-state index contributed by atoms with van der Waals surface area (Å²) in [5, 5.41) is 5.41. The molecule has 1 aromatic carbocycles. The molecule has 0 spiro atoms. The van der Waals surface area contributed by atoms with Crippen LogP contribution in [0.25, 0.3) is 0 Å². The summed E-state index contributed by atoms with van der Waals surface area (Å²) in [4.78, 5) is 23.9. The molecule has 1 atom stereocenters. The number of carbonyl (C=O) groups is 2. The van der Waals surface area contributed by atoms with Gasteiger partial charge in [-0.15, -0.1) is 0 Å². The van der Waals surface area contributed by atoms with E-state index in [0.717, 1.165) is 11.3 Å². The van der Waals surface area contributed by atoms with Crippen LogP contribution in [0.15, 0.2) is 47.1 Å². The number of nitrogens with one attached hydrogen (secondary N) is 2. The van der Waals surface area contributed by atoms with Crippen molar-refractivity contribution >= 4 is 11.8 Å². The number of aryl methyl sites for hydroxylation is 1. The van der Waals surface area contributed by atoms with Crippen LogP contribution in [-0.4, -0.2) is 25.0 Å². The van der Waals surface area contributed by atoms with E-state index in [1.165, 1.54) is 0 Å². The van der Waals surface area contributed by atoms with Gasteiger partial charge in [-0.1, -0.05) is 12.1 Å². The van der Waals surface area contributed by atoms with Crippen LogP contribution in [0.5, 0.6) is 5.75 Å². The number of furan rings is 1. The van der Waals surface area contributed by atoms with E-state index < -0.39 is 6.04 Å². The van der Waals surface area contributed by atoms with Crippen LogP contribution < -0.4 is 15.4 Å². The fraction of sp³-hybridized carbons (Fsp3) is 0.333. The van der Waals surface area contributed by atoms with Gasteiger partial charge in [0.1, 0.15) is 17.6 Å². The molecular formula is C18H22N2O4. The van der Waals surface area contributed by atoms with Crippen LogP contribution in [0, 0.1) is 0 Å². The Morgan fingerprint density at radius 3 is 2.58 bits per heavy atom. The minimum Gasteiger partial charge on any atom is -0.497 e. The number of methoxy groups -OCH3 is 1. The highest BCUT2D eigenvalue weighted by molar-refractivity contribution is 5.87. The molecule has 0 bridgehead atoms. The SMILES string of the molecule is COc1ccc(CCC(=O)N[C@@H](C)C(=O)NCc2ccco2)cc1. The molecule has 0 saturated carbocycles. The Balaban J connectivity index is 1.71. The minimum absolute atomic E-state index is 0.161. The predicted octanol–water partition coefficient (Wildman–Crippen LogP) is 2.04. The summed E-state index contributed by atoms with van der Waals surface area (Å²) in [5.41, 5.74) is 1.04. The zero-order valence-corrected chi connectivity index (χ0v) is 13.9. The Hall–Kier alpha value is -2.76. The zero-order chi connectivity index (χ0) is 17.4. The molecule has 2 N–H and O–H groups in total. The molecular weight excluding hydrogens is 308 g/mol. The van der Waals surface area contributed by atoms with Crippen LogP contribution in [0.4, 0.5) is 0 Å². The standard InChI is InChI=1S/C18H22N2O4/c1-13(18(22)19-12-16-4-3-11-24-16)20-17(21)10-7-14-5-8-15(23-2)9-6-14/h3-6,8-9,11,13H,7,10,12H2,1-2H3,(H,19,22)(H,20,21)/t13-/m0/s1. The first-order chi connectivity index (χ1) is 11.6. The van der Waals surface area contributed by atoms with Gasteiger partial charge in [-0.05, 0) is 43.2 Å². The van der Waals surface area contributed by atoms with Crippen molar-refractivity contribution in [1.82, 2.24) is 10.6 Å². The molecule has 2 rings (SSSR count). The summed E-state index contributed by atoms with van der Waals surface area (Å²) in [6, 6.07) is 10.5. The third-order valence-electron chi connectivity index (χ3n) is 3.59. The number of amides is 2. The predicted molar refractivity (Wildman–Crippen MR) is 89.5 cm³/mol. The van der Waals surface area contributed by atoms with E-state index in [1.807, 2.05) is 24.3 Å². The maximum Gasteiger partial charge on any atom is 0.242 e. The van der Waals surface area contributed by atoms with E-state index in [9.17, 15) is 9.59 Å². The van der Waals surface area contributed by atoms with Crippen LogP contribution >= 0.6 is 0 Å². The maximum absolute atomic E-state index is 12.0. The van der Waals surface area contributed by atoms with Gasteiger partial charge in [-0.2, -0.15) is 0 Å². The van der Waals surface area contributed by atoms with Gasteiger partial charge in [0.15, 0.2) is 0 Å². The first-order valence-corrected chi connectivity index (χ1v) is 7.81. The lowest BCUT2D eigenvalue weighted by atomic mass is 10.1. The Morgan fingerprint density at radius 1 is 1.21 bits per heavy atom. The molecule has 24 heavy (non-hydrogen) atoms. The van der Waals surface area contributed by atoms with Gasteiger partial charge in [-0.3, -0.25) is 9.59 Å². The summed E-state index contributed by atoms with van der Waals surface area (Å²) in [7, 11) is 1.61. The third-order valence-corrected chi connectivity index (χ3v) is 3.59. The molecule has 6 heteroatoms. The van der Waals surface area contributed by atoms with Gasteiger partial charge in [0.05, 0.1) is 19.9 Å². The highest BCUT2D eigenvalue weighted by atomic mass is 16.5. The molecule has 0 saturated heterocycles. The summed E-state index contributed by atoms with van der Waals surface area (Å²) < 4.78 is 10.2. The Bertz CT molecular complexity index is 650. The average molecular weight is 330 g/mol. The first-order valence-electron chi connectivity index (χ1n) is 7.81. The molecule has 128 valence electrons. The lowest BCUT2D eigenvalue weighted by Gasteiger charge is -2.13. The second-order valence-corrected chi connectivity index (χ2v) is 5.43. The lowest BCUT2D eigenvalue weighted by molar-refractivity contribution is -0.128. The molecule has 2 aromatic rings. The highest BCUT2D eigenvalue weighted by Gasteiger charge is 2.15. The topological polar surface area (TPSA) is 80.6 Å². The molecule has 0 aliphatic heterocycles. The van der Waals surface area contributed by atoms with E-state index >= 15 is 0 Å². The summed E-state index contributed by atoms with van der Waals surface area (Å²) in [6.45, 7) is 1.96. The normalized spacial score (nSPS) is 11.6. The first kappa shape index (κ1) is 17.6. The number of carbonyl (C=O) groups excluding carboxylic acids is 2. The van der Waals surface area contributed by atoms with E-state index in [4.69, 9.17) is 9.15 Å². The van der Waals surface area contributed by atoms with E-state index in [1.54, 1.807) is 32.4 Å². The van der Waals surface area contributed by atoms with Crippen molar-refractivity contribution in [3.63, 3.8) is 0 Å². The fourth-order valence-corrected chi connectivity index (χ4v) is 2.17. The van der Waals surface area contributed by atoms with Crippen molar-refractivity contribution < 1.29 is 18.7 Å². The molecule has 0 fully saturated rings. The van der Waals surface area contributed by atoms with Gasteiger partial charge in [0.2, 0.25) is 11.8 Å². The highest BCUT2D eigenvalue weighted by Crippen LogP contribution is 2.12. The monoisotopic (exact) mass is 330 g/mol. The zero-order valence-electron chi connectivity index (χ0n) is 13.9. The molecule has 0 radical (unpaired) electrons. The van der Waals surface area contributed by atoms with Crippen molar-refractivity contribution in [2.45, 2.75) is 32.4 Å². The molecule has 0 unspecified atom stereocenters. The molecule has 0 aliphatic carbocycles. The van der Waals surface area contributed by atoms with Gasteiger partial charge in [-0.25, -0.2) is 0 Å². The second-order valence-electron chi connectivity index (χ2n) is 5.43. The molecule has 1 heterocycles. The maximum atomic E-state index is 12.0. The molecule has 1 aromatic heterocycles. The van der Waals surface area contributed by atoms with Gasteiger partial charge in [0.25, 0.3) is 0 Å². The Kier molecular flexibility index (Phi) is 6.42. The van der Waals surface area contributed by atoms with E-state index in [2.05, 4.69) is 10.6 Å². The molecule has 0 aliphatic rings. The van der Waals surface area contributed by atoms with E-state index in [0.29, 0.717) is 25.1 Å². The van der Waals surface area contributed by atoms with Crippen molar-refractivity contribution in [1.29, 1.82) is 0 Å². The van der Waals surface area contributed by atoms with Crippen molar-refractivity contribution in [3.05, 3.63) is 54.0 Å². The van der Waals surface area contributed by atoms with Gasteiger partial charge < -0.3 is 19.8 Å². The summed E-state index contributed by atoms with van der Waals surface area (Å²) in [6.07, 6.45) is 2.48. The Labute approximate surface area is 141 Å². The van der Waals surface area contributed by atoms with Crippen molar-refractivity contribution in [2.75, 3.05) is 7.11 Å². The van der Waals surface area contributed by atoms with E-state index in [-0.39, 0.29) is 11.8 Å². The smallest absolute Gasteiger partial charge is 0.242 e. The Morgan fingerprint density at radius 2 is 1.96 bits per heavy atom. The minimum atomic E-state index is -0.594. The van der Waals surface area contributed by atoms with Crippen LogP contribution in [0.2, 0.25) is 0 Å². The summed E-state index contributed by atoms with van der Waals surface area (Å²) >= 11 is 0. The van der Waals surface area contributed by atoms with Crippen LogP contribution in [-0.2, 0) is 22.6 Å². The quantitative estimate of drug-likeness (QED) is 0.776. The molecule has 6 nitrogen and oxygen atoms in total. The average Bonchev–Trinajstić information content (AvgIpc) is 3.11. The van der Waals surface area contributed by atoms with Crippen LogP contribution in [0.3, 0.4) is 0 Å². The third kappa shape index (κ3) is 5.46. The van der Waals surface area contributed by atoms with Gasteiger partial charge in [0, 0.05) is 6.42 Å². The van der Waals surface area contributed by atoms with Crippen molar-refractivity contribution in [3.8, 4) is 5.75 Å².